The van der Waals surface area contributed by atoms with Gasteiger partial charge in [-0.1, -0.05) is 18.2 Å². The summed E-state index contributed by atoms with van der Waals surface area (Å²) in [6.07, 6.45) is 0. The van der Waals surface area contributed by atoms with E-state index in [0.29, 0.717) is 5.56 Å². The maximum Gasteiger partial charge on any atom is 0.161 e. The molecule has 0 aliphatic rings. The lowest BCUT2D eigenvalue weighted by atomic mass is 10.2. The Bertz CT molecular complexity index is 650. The molecule has 0 spiro atoms. The summed E-state index contributed by atoms with van der Waals surface area (Å²) in [4.78, 5) is 0. The fraction of sp³-hybridized carbons (Fsp3) is 0.0714. The van der Waals surface area contributed by atoms with Crippen molar-refractivity contribution in [3.8, 4) is 6.07 Å². The predicted octanol–water partition coefficient (Wildman–Crippen LogP) is 4.21. The van der Waals surface area contributed by atoms with Gasteiger partial charge in [0.25, 0.3) is 0 Å². The summed E-state index contributed by atoms with van der Waals surface area (Å²) in [5.41, 5.74) is 0.880. The van der Waals surface area contributed by atoms with Gasteiger partial charge in [-0.25, -0.2) is 8.78 Å². The minimum Gasteiger partial charge on any atom is -0.378 e. The van der Waals surface area contributed by atoms with Crippen molar-refractivity contribution in [2.45, 2.75) is 6.54 Å². The molecule has 0 amide bonds. The molecule has 0 saturated heterocycles. The second kappa shape index (κ2) is 5.81. The second-order valence-electron chi connectivity index (χ2n) is 3.85. The second-order valence-corrected chi connectivity index (χ2v) is 4.64. The number of hydrogen-bond acceptors (Lipinski definition) is 2. The van der Waals surface area contributed by atoms with Crippen molar-refractivity contribution in [3.63, 3.8) is 0 Å². The van der Waals surface area contributed by atoms with Crippen LogP contribution >= 0.6 is 15.9 Å². The van der Waals surface area contributed by atoms with Gasteiger partial charge in [-0.05, 0) is 34.1 Å². The summed E-state index contributed by atoms with van der Waals surface area (Å²) in [5.74, 6) is -0.904. The first-order valence-electron chi connectivity index (χ1n) is 5.49. The average molecular weight is 323 g/mol. The van der Waals surface area contributed by atoms with Gasteiger partial charge < -0.3 is 5.32 Å². The predicted molar refractivity (Wildman–Crippen MR) is 72.5 cm³/mol. The van der Waals surface area contributed by atoms with Crippen molar-refractivity contribution in [1.82, 2.24) is 0 Å². The number of rotatable bonds is 3. The lowest BCUT2D eigenvalue weighted by Gasteiger charge is -2.10. The number of benzene rings is 2. The van der Waals surface area contributed by atoms with Crippen LogP contribution in [0, 0.1) is 23.0 Å². The molecule has 0 heterocycles. The lowest BCUT2D eigenvalue weighted by molar-refractivity contribution is 0.609. The lowest BCUT2D eigenvalue weighted by Crippen LogP contribution is -2.04. The molecular formula is C14H9BrF2N2. The van der Waals surface area contributed by atoms with E-state index in [2.05, 4.69) is 21.2 Å². The minimum absolute atomic E-state index is 0.105. The third kappa shape index (κ3) is 2.91. The molecule has 0 bridgehead atoms. The molecule has 0 aliphatic heterocycles. The Balaban J connectivity index is 2.20. The van der Waals surface area contributed by atoms with Crippen LogP contribution in [0.15, 0.2) is 40.9 Å². The van der Waals surface area contributed by atoms with Crippen molar-refractivity contribution in [2.75, 3.05) is 5.32 Å². The molecule has 0 atom stereocenters. The molecule has 2 aromatic rings. The number of nitriles is 1. The molecule has 0 unspecified atom stereocenters. The Morgan fingerprint density at radius 2 is 1.89 bits per heavy atom. The number of nitrogens with one attached hydrogen (secondary N) is 1. The van der Waals surface area contributed by atoms with Crippen LogP contribution in [0.4, 0.5) is 14.5 Å². The Morgan fingerprint density at radius 3 is 2.58 bits per heavy atom. The van der Waals surface area contributed by atoms with E-state index < -0.39 is 5.82 Å². The summed E-state index contributed by atoms with van der Waals surface area (Å²) in [7, 11) is 0. The molecule has 1 N–H and O–H groups in total. The molecule has 0 aliphatic carbocycles. The molecule has 19 heavy (non-hydrogen) atoms. The van der Waals surface area contributed by atoms with E-state index in [1.165, 1.54) is 18.2 Å². The van der Waals surface area contributed by atoms with E-state index in [9.17, 15) is 8.78 Å². The van der Waals surface area contributed by atoms with E-state index in [4.69, 9.17) is 5.26 Å². The molecule has 2 nitrogen and oxygen atoms in total. The van der Waals surface area contributed by atoms with E-state index in [1.807, 2.05) is 6.07 Å². The standard InChI is InChI=1S/C14H9BrF2N2/c15-13-9(7-18)5-6-12(14(13)17)19-8-10-3-1-2-4-11(10)16/h1-6,19H,8H2. The largest absolute Gasteiger partial charge is 0.378 e. The van der Waals surface area contributed by atoms with Gasteiger partial charge in [-0.15, -0.1) is 0 Å². The van der Waals surface area contributed by atoms with Gasteiger partial charge in [0.1, 0.15) is 11.9 Å². The number of halogens is 3. The first-order valence-corrected chi connectivity index (χ1v) is 6.28. The third-order valence-corrected chi connectivity index (χ3v) is 3.41. The first-order chi connectivity index (χ1) is 9.13. The van der Waals surface area contributed by atoms with Crippen LogP contribution in [0.3, 0.4) is 0 Å². The molecule has 0 aromatic heterocycles. The molecule has 2 rings (SSSR count). The zero-order valence-corrected chi connectivity index (χ0v) is 11.3. The van der Waals surface area contributed by atoms with Crippen LogP contribution in [0.2, 0.25) is 0 Å². The summed E-state index contributed by atoms with van der Waals surface area (Å²) in [6, 6.07) is 11.1. The first kappa shape index (κ1) is 13.5. The van der Waals surface area contributed by atoms with Crippen LogP contribution in [0.25, 0.3) is 0 Å². The van der Waals surface area contributed by atoms with E-state index in [0.717, 1.165) is 0 Å². The maximum absolute atomic E-state index is 13.9. The SMILES string of the molecule is N#Cc1ccc(NCc2ccccc2F)c(F)c1Br. The van der Waals surface area contributed by atoms with Crippen molar-refractivity contribution < 1.29 is 8.78 Å². The van der Waals surface area contributed by atoms with Crippen LogP contribution in [0.1, 0.15) is 11.1 Å². The monoisotopic (exact) mass is 322 g/mol. The molecule has 5 heteroatoms. The molecule has 0 saturated carbocycles. The molecule has 0 radical (unpaired) electrons. The highest BCUT2D eigenvalue weighted by atomic mass is 79.9. The Hall–Kier alpha value is -1.93. The minimum atomic E-state index is -0.560. The van der Waals surface area contributed by atoms with Gasteiger partial charge in [-0.2, -0.15) is 5.26 Å². The van der Waals surface area contributed by atoms with Crippen molar-refractivity contribution in [3.05, 3.63) is 63.6 Å². The summed E-state index contributed by atoms with van der Waals surface area (Å²) in [6.45, 7) is 0.169. The molecule has 2 aromatic carbocycles. The van der Waals surface area contributed by atoms with Crippen molar-refractivity contribution in [1.29, 1.82) is 5.26 Å². The van der Waals surface area contributed by atoms with Gasteiger partial charge in [-0.3, -0.25) is 0 Å². The Labute approximate surface area is 117 Å². The summed E-state index contributed by atoms with van der Waals surface area (Å²) >= 11 is 3.02. The number of anilines is 1. The summed E-state index contributed by atoms with van der Waals surface area (Å²) < 4.78 is 27.4. The van der Waals surface area contributed by atoms with E-state index in [1.54, 1.807) is 18.2 Å². The van der Waals surface area contributed by atoms with Gasteiger partial charge in [0.2, 0.25) is 0 Å². The Morgan fingerprint density at radius 1 is 1.16 bits per heavy atom. The molecule has 0 fully saturated rings. The zero-order chi connectivity index (χ0) is 13.8. The highest BCUT2D eigenvalue weighted by Gasteiger charge is 2.11. The van der Waals surface area contributed by atoms with E-state index in [-0.39, 0.29) is 28.1 Å². The average Bonchev–Trinajstić information content (AvgIpc) is 2.42. The van der Waals surface area contributed by atoms with Crippen LogP contribution in [-0.2, 0) is 6.54 Å². The van der Waals surface area contributed by atoms with Crippen LogP contribution in [-0.4, -0.2) is 0 Å². The van der Waals surface area contributed by atoms with Gasteiger partial charge >= 0.3 is 0 Å². The molecular weight excluding hydrogens is 314 g/mol. The Kier molecular flexibility index (Phi) is 4.13. The highest BCUT2D eigenvalue weighted by molar-refractivity contribution is 9.10. The smallest absolute Gasteiger partial charge is 0.161 e. The fourth-order valence-corrected chi connectivity index (χ4v) is 2.04. The maximum atomic E-state index is 13.9. The summed E-state index contributed by atoms with van der Waals surface area (Å²) in [5, 5.41) is 11.6. The van der Waals surface area contributed by atoms with Crippen LogP contribution < -0.4 is 5.32 Å². The zero-order valence-electron chi connectivity index (χ0n) is 9.75. The molecule has 96 valence electrons. The van der Waals surface area contributed by atoms with Gasteiger partial charge in [0.15, 0.2) is 5.82 Å². The normalized spacial score (nSPS) is 10.0. The van der Waals surface area contributed by atoms with Gasteiger partial charge in [0, 0.05) is 12.1 Å². The number of nitrogens with zero attached hydrogens (tertiary/aromatic N) is 1. The highest BCUT2D eigenvalue weighted by Crippen LogP contribution is 2.27. The topological polar surface area (TPSA) is 35.8 Å². The fourth-order valence-electron chi connectivity index (χ4n) is 1.60. The van der Waals surface area contributed by atoms with Crippen molar-refractivity contribution in [2.24, 2.45) is 0 Å². The van der Waals surface area contributed by atoms with Crippen molar-refractivity contribution >= 4 is 21.6 Å². The third-order valence-electron chi connectivity index (χ3n) is 2.63. The van der Waals surface area contributed by atoms with E-state index >= 15 is 0 Å². The van der Waals surface area contributed by atoms with Gasteiger partial charge in [0.05, 0.1) is 15.7 Å². The number of hydrogen-bond donors (Lipinski definition) is 1. The quantitative estimate of drug-likeness (QED) is 0.918. The van der Waals surface area contributed by atoms with Crippen LogP contribution in [0.5, 0.6) is 0 Å².